The predicted molar refractivity (Wildman–Crippen MR) is 56.9 cm³/mol. The van der Waals surface area contributed by atoms with Crippen molar-refractivity contribution in [1.29, 1.82) is 5.26 Å². The van der Waals surface area contributed by atoms with Crippen molar-refractivity contribution in [3.8, 4) is 6.07 Å². The van der Waals surface area contributed by atoms with Gasteiger partial charge >= 0.3 is 5.97 Å². The Labute approximate surface area is 88.4 Å². The first kappa shape index (κ1) is 11.1. The maximum atomic E-state index is 10.6. The summed E-state index contributed by atoms with van der Waals surface area (Å²) in [6.07, 6.45) is 0. The van der Waals surface area contributed by atoms with E-state index in [0.29, 0.717) is 6.54 Å². The summed E-state index contributed by atoms with van der Waals surface area (Å²) < 4.78 is 0. The molecule has 0 aliphatic carbocycles. The van der Waals surface area contributed by atoms with E-state index in [1.807, 2.05) is 11.8 Å². The number of nitriles is 1. The molecule has 78 valence electrons. The predicted octanol–water partition coefficient (Wildman–Crippen LogP) is 1.73. The number of aromatic carboxylic acids is 1. The minimum atomic E-state index is -0.940. The molecule has 0 unspecified atom stereocenters. The molecule has 0 bridgehead atoms. The summed E-state index contributed by atoms with van der Waals surface area (Å²) in [4.78, 5) is 12.5. The van der Waals surface area contributed by atoms with E-state index >= 15 is 0 Å². The van der Waals surface area contributed by atoms with Crippen LogP contribution in [0.5, 0.6) is 0 Å². The van der Waals surface area contributed by atoms with Crippen molar-refractivity contribution >= 4 is 11.7 Å². The summed E-state index contributed by atoms with van der Waals surface area (Å²) in [7, 11) is 0. The van der Waals surface area contributed by atoms with Crippen LogP contribution >= 0.6 is 0 Å². The summed E-state index contributed by atoms with van der Waals surface area (Å²) in [5.41, 5.74) is 1.12. The molecule has 0 fully saturated rings. The smallest absolute Gasteiger partial charge is 0.335 e. The molecule has 0 aromatic heterocycles. The lowest BCUT2D eigenvalue weighted by molar-refractivity contribution is 0.0697. The van der Waals surface area contributed by atoms with E-state index in [0.717, 1.165) is 12.2 Å². The Kier molecular flexibility index (Phi) is 3.69. The number of carboxylic acids is 1. The highest BCUT2D eigenvalue weighted by Gasteiger charge is 2.05. The lowest BCUT2D eigenvalue weighted by atomic mass is 10.2. The van der Waals surface area contributed by atoms with Gasteiger partial charge in [0.15, 0.2) is 0 Å². The van der Waals surface area contributed by atoms with Gasteiger partial charge in [-0.25, -0.2) is 4.79 Å². The third-order valence-corrected chi connectivity index (χ3v) is 2.12. The van der Waals surface area contributed by atoms with E-state index in [-0.39, 0.29) is 5.56 Å². The maximum absolute atomic E-state index is 10.6. The Morgan fingerprint density at radius 3 is 2.47 bits per heavy atom. The zero-order valence-corrected chi connectivity index (χ0v) is 8.47. The molecule has 1 rings (SSSR count). The summed E-state index contributed by atoms with van der Waals surface area (Å²) in [6.45, 7) is 2.98. The maximum Gasteiger partial charge on any atom is 0.335 e. The van der Waals surface area contributed by atoms with Crippen LogP contribution in [0, 0.1) is 11.3 Å². The van der Waals surface area contributed by atoms with Gasteiger partial charge in [-0.1, -0.05) is 0 Å². The zero-order valence-electron chi connectivity index (χ0n) is 8.47. The van der Waals surface area contributed by atoms with Gasteiger partial charge in [0.05, 0.1) is 11.6 Å². The summed E-state index contributed by atoms with van der Waals surface area (Å²) in [6, 6.07) is 8.57. The van der Waals surface area contributed by atoms with Crippen molar-refractivity contribution in [2.24, 2.45) is 0 Å². The third-order valence-electron chi connectivity index (χ3n) is 2.12. The van der Waals surface area contributed by atoms with Crippen LogP contribution in [0.25, 0.3) is 0 Å². The average Bonchev–Trinajstić information content (AvgIpc) is 2.26. The van der Waals surface area contributed by atoms with Crippen LogP contribution in [-0.2, 0) is 0 Å². The van der Waals surface area contributed by atoms with Gasteiger partial charge in [-0.15, -0.1) is 0 Å². The molecule has 0 radical (unpaired) electrons. The number of benzene rings is 1. The molecule has 0 saturated carbocycles. The molecule has 1 aromatic rings. The van der Waals surface area contributed by atoms with Crippen molar-refractivity contribution in [1.82, 2.24) is 0 Å². The SMILES string of the molecule is CCN(CC#N)c1ccc(C(=O)O)cc1. The fourth-order valence-corrected chi connectivity index (χ4v) is 1.29. The Morgan fingerprint density at radius 2 is 2.07 bits per heavy atom. The minimum Gasteiger partial charge on any atom is -0.478 e. The first-order valence-electron chi connectivity index (χ1n) is 4.64. The van der Waals surface area contributed by atoms with Crippen LogP contribution in [0.2, 0.25) is 0 Å². The van der Waals surface area contributed by atoms with Gasteiger partial charge in [-0.05, 0) is 31.2 Å². The highest BCUT2D eigenvalue weighted by molar-refractivity contribution is 5.88. The Morgan fingerprint density at radius 1 is 1.47 bits per heavy atom. The second kappa shape index (κ2) is 5.01. The van der Waals surface area contributed by atoms with Crippen LogP contribution in [0.3, 0.4) is 0 Å². The molecular formula is C11H12N2O2. The second-order valence-electron chi connectivity index (χ2n) is 3.02. The summed E-state index contributed by atoms with van der Waals surface area (Å²) >= 11 is 0. The number of nitrogens with zero attached hydrogens (tertiary/aromatic N) is 2. The van der Waals surface area contributed by atoms with Gasteiger partial charge in [-0.3, -0.25) is 0 Å². The van der Waals surface area contributed by atoms with Crippen molar-refractivity contribution in [2.75, 3.05) is 18.0 Å². The van der Waals surface area contributed by atoms with Crippen LogP contribution in [0.15, 0.2) is 24.3 Å². The summed E-state index contributed by atoms with van der Waals surface area (Å²) in [5.74, 6) is -0.940. The van der Waals surface area contributed by atoms with Crippen LogP contribution in [0.1, 0.15) is 17.3 Å². The molecule has 0 saturated heterocycles. The quantitative estimate of drug-likeness (QED) is 0.758. The van der Waals surface area contributed by atoms with Crippen molar-refractivity contribution < 1.29 is 9.90 Å². The standard InChI is InChI=1S/C11H12N2O2/c1-2-13(8-7-12)10-5-3-9(4-6-10)11(14)15/h3-6H,2,8H2,1H3,(H,14,15). The molecule has 1 N–H and O–H groups in total. The number of hydrogen-bond donors (Lipinski definition) is 1. The molecule has 15 heavy (non-hydrogen) atoms. The van der Waals surface area contributed by atoms with Crippen LogP contribution in [-0.4, -0.2) is 24.2 Å². The Bertz CT molecular complexity index is 379. The molecular weight excluding hydrogens is 192 g/mol. The van der Waals surface area contributed by atoms with Crippen LogP contribution < -0.4 is 4.90 Å². The molecule has 4 nitrogen and oxygen atoms in total. The molecule has 0 spiro atoms. The lowest BCUT2D eigenvalue weighted by Gasteiger charge is -2.19. The molecule has 0 atom stereocenters. The van der Waals surface area contributed by atoms with Crippen LogP contribution in [0.4, 0.5) is 5.69 Å². The normalized spacial score (nSPS) is 9.33. The fraction of sp³-hybridized carbons (Fsp3) is 0.273. The zero-order chi connectivity index (χ0) is 11.3. The van der Waals surface area contributed by atoms with Gasteiger partial charge in [0.2, 0.25) is 0 Å². The molecule has 0 heterocycles. The number of rotatable bonds is 4. The number of carbonyl (C=O) groups is 1. The topological polar surface area (TPSA) is 64.3 Å². The molecule has 4 heteroatoms. The highest BCUT2D eigenvalue weighted by Crippen LogP contribution is 2.14. The molecule has 1 aromatic carbocycles. The van der Waals surface area contributed by atoms with E-state index in [1.54, 1.807) is 12.1 Å². The van der Waals surface area contributed by atoms with Crippen molar-refractivity contribution in [2.45, 2.75) is 6.92 Å². The van der Waals surface area contributed by atoms with Gasteiger partial charge in [0.1, 0.15) is 6.54 Å². The molecule has 0 aliphatic rings. The number of anilines is 1. The number of carboxylic acid groups (broad SMARTS) is 1. The molecule has 0 amide bonds. The van der Waals surface area contributed by atoms with Gasteiger partial charge in [0, 0.05) is 12.2 Å². The van der Waals surface area contributed by atoms with Crippen molar-refractivity contribution in [3.05, 3.63) is 29.8 Å². The Hall–Kier alpha value is -2.02. The lowest BCUT2D eigenvalue weighted by Crippen LogP contribution is -2.22. The van der Waals surface area contributed by atoms with E-state index < -0.39 is 5.97 Å². The van der Waals surface area contributed by atoms with Gasteiger partial charge in [0.25, 0.3) is 0 Å². The van der Waals surface area contributed by atoms with Gasteiger partial charge in [-0.2, -0.15) is 5.26 Å². The second-order valence-corrected chi connectivity index (χ2v) is 3.02. The minimum absolute atomic E-state index is 0.256. The van der Waals surface area contributed by atoms with E-state index in [9.17, 15) is 4.79 Å². The first-order chi connectivity index (χ1) is 7.19. The first-order valence-corrected chi connectivity index (χ1v) is 4.64. The van der Waals surface area contributed by atoms with Gasteiger partial charge < -0.3 is 10.0 Å². The highest BCUT2D eigenvalue weighted by atomic mass is 16.4. The van der Waals surface area contributed by atoms with E-state index in [1.165, 1.54) is 12.1 Å². The van der Waals surface area contributed by atoms with Crippen molar-refractivity contribution in [3.63, 3.8) is 0 Å². The fourth-order valence-electron chi connectivity index (χ4n) is 1.29. The summed E-state index contributed by atoms with van der Waals surface area (Å²) in [5, 5.41) is 17.3. The largest absolute Gasteiger partial charge is 0.478 e. The monoisotopic (exact) mass is 204 g/mol. The average molecular weight is 204 g/mol. The molecule has 0 aliphatic heterocycles. The van der Waals surface area contributed by atoms with E-state index in [2.05, 4.69) is 6.07 Å². The van der Waals surface area contributed by atoms with E-state index in [4.69, 9.17) is 10.4 Å². The number of hydrogen-bond acceptors (Lipinski definition) is 3. The third kappa shape index (κ3) is 2.71. The Balaban J connectivity index is 2.87.